The van der Waals surface area contributed by atoms with Gasteiger partial charge in [-0.3, -0.25) is 0 Å². The Balaban J connectivity index is 1.53. The highest BCUT2D eigenvalue weighted by Gasteiger charge is 2.23. The number of aryl methyl sites for hydroxylation is 1. The Morgan fingerprint density at radius 1 is 1.11 bits per heavy atom. The van der Waals surface area contributed by atoms with Crippen LogP contribution in [0, 0.1) is 6.92 Å². The number of hydrogen-bond acceptors (Lipinski definition) is 8. The maximum absolute atomic E-state index is 9.70. The van der Waals surface area contributed by atoms with Crippen molar-refractivity contribution >= 4 is 28.0 Å². The smallest absolute Gasteiger partial charge is 0.225 e. The molecule has 0 bridgehead atoms. The Labute approximate surface area is 154 Å². The van der Waals surface area contributed by atoms with Crippen LogP contribution < -0.4 is 5.32 Å². The van der Waals surface area contributed by atoms with Gasteiger partial charge in [-0.2, -0.15) is 9.67 Å². The minimum absolute atomic E-state index is 0.183. The fraction of sp³-hybridized carbons (Fsp3) is 0.333. The Bertz CT molecular complexity index is 1140. The van der Waals surface area contributed by atoms with Gasteiger partial charge < -0.3 is 10.4 Å². The summed E-state index contributed by atoms with van der Waals surface area (Å²) in [6.45, 7) is 1.87. The van der Waals surface area contributed by atoms with Gasteiger partial charge in [-0.25, -0.2) is 15.0 Å². The van der Waals surface area contributed by atoms with E-state index in [4.69, 9.17) is 0 Å². The average Bonchev–Trinajstić information content (AvgIpc) is 3.27. The summed E-state index contributed by atoms with van der Waals surface area (Å²) in [4.78, 5) is 17.6. The molecule has 5 rings (SSSR count). The molecule has 4 aromatic rings. The Hall–Kier alpha value is -3.20. The molecule has 1 saturated carbocycles. The monoisotopic (exact) mass is 362 g/mol. The predicted molar refractivity (Wildman–Crippen MR) is 99.6 cm³/mol. The quantitative estimate of drug-likeness (QED) is 0.567. The summed E-state index contributed by atoms with van der Waals surface area (Å²) in [5.74, 6) is 1.26. The third kappa shape index (κ3) is 2.95. The molecule has 136 valence electrons. The van der Waals surface area contributed by atoms with Crippen LogP contribution in [0.3, 0.4) is 0 Å². The van der Waals surface area contributed by atoms with Gasteiger partial charge in [0.25, 0.3) is 0 Å². The van der Waals surface area contributed by atoms with Gasteiger partial charge in [0.05, 0.1) is 23.5 Å². The molecule has 0 spiro atoms. The maximum Gasteiger partial charge on any atom is 0.225 e. The number of benzene rings is 1. The highest BCUT2D eigenvalue weighted by molar-refractivity contribution is 5.81. The topological polar surface area (TPSA) is 115 Å². The van der Waals surface area contributed by atoms with Crippen molar-refractivity contribution in [2.45, 2.75) is 38.3 Å². The first kappa shape index (κ1) is 16.0. The lowest BCUT2D eigenvalue weighted by Crippen LogP contribution is -2.18. The van der Waals surface area contributed by atoms with E-state index in [9.17, 15) is 5.11 Å². The van der Waals surface area contributed by atoms with Gasteiger partial charge in [-0.15, -0.1) is 5.10 Å². The highest BCUT2D eigenvalue weighted by atomic mass is 16.3. The van der Waals surface area contributed by atoms with Crippen LogP contribution in [0.1, 0.15) is 25.1 Å². The molecule has 1 aliphatic rings. The number of aliphatic hydroxyl groups excluding tert-OH is 1. The normalized spacial score (nSPS) is 19.8. The minimum atomic E-state index is -0.248. The first-order valence-corrected chi connectivity index (χ1v) is 8.92. The third-order valence-corrected chi connectivity index (χ3v) is 4.86. The summed E-state index contributed by atoms with van der Waals surface area (Å²) in [6, 6.07) is 6.02. The van der Waals surface area contributed by atoms with Crippen molar-refractivity contribution in [2.24, 2.45) is 0 Å². The standard InChI is InChI=1S/C18H18N8O/c1-10-19-8-11-6-13(3-5-15(11)21-10)26-17-16(24-25-26)9-20-18(23-17)22-12-2-4-14(27)7-12/h3,5-6,8-9,12,14,27H,2,4,7H2,1H3,(H,20,22,23)/t12-,14-/m1/s1. The van der Waals surface area contributed by atoms with E-state index in [2.05, 4.69) is 35.6 Å². The van der Waals surface area contributed by atoms with Crippen LogP contribution >= 0.6 is 0 Å². The Morgan fingerprint density at radius 3 is 2.89 bits per heavy atom. The van der Waals surface area contributed by atoms with E-state index in [1.165, 1.54) is 0 Å². The number of nitrogens with zero attached hydrogens (tertiary/aromatic N) is 7. The number of nitrogens with one attached hydrogen (secondary N) is 1. The average molecular weight is 362 g/mol. The van der Waals surface area contributed by atoms with Crippen molar-refractivity contribution in [3.63, 3.8) is 0 Å². The van der Waals surface area contributed by atoms with Gasteiger partial charge in [-0.1, -0.05) is 5.21 Å². The molecule has 2 atom stereocenters. The van der Waals surface area contributed by atoms with Crippen LogP contribution in [0.2, 0.25) is 0 Å². The zero-order chi connectivity index (χ0) is 18.4. The van der Waals surface area contributed by atoms with Crippen LogP contribution in [0.25, 0.3) is 27.8 Å². The molecule has 0 aliphatic heterocycles. The largest absolute Gasteiger partial charge is 0.393 e. The van der Waals surface area contributed by atoms with Crippen molar-refractivity contribution in [3.8, 4) is 5.69 Å². The summed E-state index contributed by atoms with van der Waals surface area (Å²) in [6.07, 6.45) is 5.63. The molecule has 1 fully saturated rings. The molecule has 3 aromatic heterocycles. The molecule has 1 aliphatic carbocycles. The van der Waals surface area contributed by atoms with Crippen molar-refractivity contribution < 1.29 is 5.11 Å². The van der Waals surface area contributed by atoms with Gasteiger partial charge in [0.2, 0.25) is 5.95 Å². The van der Waals surface area contributed by atoms with Gasteiger partial charge in [0.1, 0.15) is 5.82 Å². The number of aromatic nitrogens is 7. The SMILES string of the molecule is Cc1ncc2cc(-n3nnc4cnc(N[C@@H]5CC[C@@H](O)C5)nc43)ccc2n1. The van der Waals surface area contributed by atoms with E-state index in [-0.39, 0.29) is 12.1 Å². The van der Waals surface area contributed by atoms with E-state index in [0.717, 1.165) is 35.3 Å². The third-order valence-electron chi connectivity index (χ3n) is 4.86. The fourth-order valence-corrected chi connectivity index (χ4v) is 3.49. The first-order chi connectivity index (χ1) is 13.2. The number of fused-ring (bicyclic) bond motifs is 2. The van der Waals surface area contributed by atoms with Crippen LogP contribution in [-0.2, 0) is 0 Å². The molecule has 0 amide bonds. The van der Waals surface area contributed by atoms with Crippen LogP contribution in [-0.4, -0.2) is 52.2 Å². The molecule has 3 heterocycles. The number of anilines is 1. The Morgan fingerprint density at radius 2 is 2.04 bits per heavy atom. The molecular weight excluding hydrogens is 344 g/mol. The predicted octanol–water partition coefficient (Wildman–Crippen LogP) is 1.79. The summed E-state index contributed by atoms with van der Waals surface area (Å²) >= 11 is 0. The molecule has 1 aromatic carbocycles. The number of aliphatic hydroxyl groups is 1. The molecular formula is C18H18N8O. The van der Waals surface area contributed by atoms with Crippen LogP contribution in [0.15, 0.2) is 30.6 Å². The number of rotatable bonds is 3. The zero-order valence-corrected chi connectivity index (χ0v) is 14.7. The fourth-order valence-electron chi connectivity index (χ4n) is 3.49. The molecule has 9 nitrogen and oxygen atoms in total. The lowest BCUT2D eigenvalue weighted by molar-refractivity contribution is 0.182. The van der Waals surface area contributed by atoms with Crippen LogP contribution in [0.4, 0.5) is 5.95 Å². The van der Waals surface area contributed by atoms with E-state index >= 15 is 0 Å². The molecule has 2 N–H and O–H groups in total. The van der Waals surface area contributed by atoms with Crippen molar-refractivity contribution in [1.29, 1.82) is 0 Å². The van der Waals surface area contributed by atoms with Crippen LogP contribution in [0.5, 0.6) is 0 Å². The van der Waals surface area contributed by atoms with Crippen molar-refractivity contribution in [1.82, 2.24) is 34.9 Å². The zero-order valence-electron chi connectivity index (χ0n) is 14.7. The molecule has 27 heavy (non-hydrogen) atoms. The lowest BCUT2D eigenvalue weighted by Gasteiger charge is -2.11. The maximum atomic E-state index is 9.70. The van der Waals surface area contributed by atoms with Gasteiger partial charge in [0, 0.05) is 17.6 Å². The minimum Gasteiger partial charge on any atom is -0.393 e. The molecule has 0 saturated heterocycles. The second-order valence-electron chi connectivity index (χ2n) is 6.87. The summed E-state index contributed by atoms with van der Waals surface area (Å²) in [5.41, 5.74) is 2.96. The second kappa shape index (κ2) is 6.20. The summed E-state index contributed by atoms with van der Waals surface area (Å²) in [5, 5.41) is 22.3. The van der Waals surface area contributed by atoms with E-state index < -0.39 is 0 Å². The first-order valence-electron chi connectivity index (χ1n) is 8.92. The summed E-state index contributed by atoms with van der Waals surface area (Å²) in [7, 11) is 0. The van der Waals surface area contributed by atoms with Gasteiger partial charge in [0.15, 0.2) is 11.2 Å². The number of hydrogen-bond donors (Lipinski definition) is 2. The van der Waals surface area contributed by atoms with E-state index in [1.807, 2.05) is 25.1 Å². The van der Waals surface area contributed by atoms with Gasteiger partial charge >= 0.3 is 0 Å². The van der Waals surface area contributed by atoms with Crippen molar-refractivity contribution in [2.75, 3.05) is 5.32 Å². The lowest BCUT2D eigenvalue weighted by atomic mass is 10.2. The summed E-state index contributed by atoms with van der Waals surface area (Å²) < 4.78 is 1.69. The molecule has 0 radical (unpaired) electrons. The highest BCUT2D eigenvalue weighted by Crippen LogP contribution is 2.23. The van der Waals surface area contributed by atoms with E-state index in [1.54, 1.807) is 17.1 Å². The Kier molecular flexibility index (Phi) is 3.68. The molecule has 9 heteroatoms. The van der Waals surface area contributed by atoms with E-state index in [0.29, 0.717) is 23.5 Å². The van der Waals surface area contributed by atoms with Crippen molar-refractivity contribution in [3.05, 3.63) is 36.4 Å². The molecule has 0 unspecified atom stereocenters. The van der Waals surface area contributed by atoms with Gasteiger partial charge in [-0.05, 0) is 44.4 Å². The second-order valence-corrected chi connectivity index (χ2v) is 6.87.